The number of hydrogen-bond acceptors (Lipinski definition) is 7. The number of ketones is 1. The lowest BCUT2D eigenvalue weighted by molar-refractivity contribution is -0.134. The van der Waals surface area contributed by atoms with Gasteiger partial charge in [-0.2, -0.15) is 0 Å². The molecular weight excluding hydrogens is 494 g/mol. The van der Waals surface area contributed by atoms with Crippen LogP contribution in [-0.4, -0.2) is 49.9 Å². The van der Waals surface area contributed by atoms with Gasteiger partial charge in [-0.15, -0.1) is 0 Å². The summed E-state index contributed by atoms with van der Waals surface area (Å²) in [5, 5.41) is 9.16. The lowest BCUT2D eigenvalue weighted by atomic mass is 9.98. The van der Waals surface area contributed by atoms with E-state index in [-0.39, 0.29) is 43.3 Å². The molecule has 0 aromatic heterocycles. The van der Waals surface area contributed by atoms with Crippen LogP contribution in [-0.2, 0) is 19.4 Å². The van der Waals surface area contributed by atoms with Gasteiger partial charge in [0, 0.05) is 25.2 Å². The molecule has 0 unspecified atom stereocenters. The van der Waals surface area contributed by atoms with Gasteiger partial charge in [-0.3, -0.25) is 14.8 Å². The molecule has 8 nitrogen and oxygen atoms in total. The van der Waals surface area contributed by atoms with Crippen molar-refractivity contribution in [2.75, 3.05) is 19.8 Å². The first-order chi connectivity index (χ1) is 17.9. The molecule has 194 valence electrons. The van der Waals surface area contributed by atoms with E-state index in [1.165, 1.54) is 29.7 Å². The molecule has 0 radical (unpaired) electrons. The number of nitrogens with one attached hydrogen (secondary N) is 1. The number of amides is 1. The van der Waals surface area contributed by atoms with E-state index in [1.54, 1.807) is 6.07 Å². The van der Waals surface area contributed by atoms with Crippen LogP contribution < -0.4 is 10.2 Å². The summed E-state index contributed by atoms with van der Waals surface area (Å²) in [7, 11) is -4.09. The molecular formula is C28H29NO7S. The Morgan fingerprint density at radius 2 is 1.59 bits per heavy atom. The second-order valence-electron chi connectivity index (χ2n) is 8.84. The average molecular weight is 524 g/mol. The van der Waals surface area contributed by atoms with E-state index in [9.17, 15) is 18.0 Å². The maximum Gasteiger partial charge on any atom is 0.265 e. The van der Waals surface area contributed by atoms with Crippen LogP contribution in [0.15, 0.2) is 83.8 Å². The Kier molecular flexibility index (Phi) is 8.38. The number of hydrogen-bond donors (Lipinski definition) is 2. The molecule has 9 heteroatoms. The van der Waals surface area contributed by atoms with Crippen molar-refractivity contribution < 1.29 is 32.7 Å². The van der Waals surface area contributed by atoms with Gasteiger partial charge in [0.15, 0.2) is 20.4 Å². The van der Waals surface area contributed by atoms with Crippen molar-refractivity contribution in [3.05, 3.63) is 84.4 Å². The molecule has 1 aliphatic heterocycles. The molecule has 1 aliphatic rings. The number of carbonyl (C=O) groups excluding carboxylic acids is 2. The maximum atomic E-state index is 13.3. The summed E-state index contributed by atoms with van der Waals surface area (Å²) in [4.78, 5) is 25.0. The van der Waals surface area contributed by atoms with Crippen LogP contribution >= 0.6 is 0 Å². The fourth-order valence-electron chi connectivity index (χ4n) is 4.43. The maximum absolute atomic E-state index is 13.3. The fourth-order valence-corrected chi connectivity index (χ4v) is 6.37. The molecule has 0 saturated carbocycles. The van der Waals surface area contributed by atoms with Crippen molar-refractivity contribution >= 4 is 21.5 Å². The van der Waals surface area contributed by atoms with Crippen molar-refractivity contribution in [1.29, 1.82) is 0 Å². The van der Waals surface area contributed by atoms with E-state index in [4.69, 9.17) is 14.7 Å². The summed E-state index contributed by atoms with van der Waals surface area (Å²) in [6, 6.07) is 23.2. The van der Waals surface area contributed by atoms with Gasteiger partial charge in [0.25, 0.3) is 5.91 Å². The number of hydroxylamine groups is 1. The van der Waals surface area contributed by atoms with E-state index in [2.05, 4.69) is 0 Å². The summed E-state index contributed by atoms with van der Waals surface area (Å²) in [6.07, 6.45) is 0.699. The predicted octanol–water partition coefficient (Wildman–Crippen LogP) is 4.22. The van der Waals surface area contributed by atoms with Gasteiger partial charge in [-0.05, 0) is 60.7 Å². The smallest absolute Gasteiger partial charge is 0.265 e. The average Bonchev–Trinajstić information content (AvgIpc) is 2.95. The SMILES string of the molecule is O=C(CCCOc1ccc(S(=O)(=O)C2(C(=O)NO)CCOCC2)cc1)c1cccc(-c2ccccc2)c1. The number of benzene rings is 3. The van der Waals surface area contributed by atoms with Gasteiger partial charge in [0.05, 0.1) is 11.5 Å². The number of carbonyl (C=O) groups is 2. The van der Waals surface area contributed by atoms with Gasteiger partial charge in [0.1, 0.15) is 5.75 Å². The van der Waals surface area contributed by atoms with Crippen LogP contribution in [0.1, 0.15) is 36.0 Å². The quantitative estimate of drug-likeness (QED) is 0.177. The second kappa shape index (κ2) is 11.7. The topological polar surface area (TPSA) is 119 Å². The molecule has 2 N–H and O–H groups in total. The van der Waals surface area contributed by atoms with Gasteiger partial charge in [-0.25, -0.2) is 13.9 Å². The largest absolute Gasteiger partial charge is 0.494 e. The molecule has 3 aromatic carbocycles. The first-order valence-electron chi connectivity index (χ1n) is 12.1. The summed E-state index contributed by atoms with van der Waals surface area (Å²) in [5.74, 6) is -0.494. The zero-order chi connectivity index (χ0) is 26.3. The molecule has 1 heterocycles. The number of ether oxygens (including phenoxy) is 2. The number of Topliss-reactive ketones (excluding diaryl/α,β-unsaturated/α-hetero) is 1. The highest BCUT2D eigenvalue weighted by atomic mass is 32.2. The lowest BCUT2D eigenvalue weighted by Crippen LogP contribution is -2.54. The van der Waals surface area contributed by atoms with E-state index < -0.39 is 20.5 Å². The zero-order valence-corrected chi connectivity index (χ0v) is 21.1. The minimum absolute atomic E-state index is 0.0201. The second-order valence-corrected chi connectivity index (χ2v) is 11.1. The Balaban J connectivity index is 1.34. The molecule has 0 aliphatic carbocycles. The minimum Gasteiger partial charge on any atom is -0.494 e. The van der Waals surface area contributed by atoms with Crippen LogP contribution in [0.4, 0.5) is 0 Å². The van der Waals surface area contributed by atoms with E-state index in [0.717, 1.165) is 11.1 Å². The molecule has 1 fully saturated rings. The summed E-state index contributed by atoms with van der Waals surface area (Å²) in [6.45, 7) is 0.483. The van der Waals surface area contributed by atoms with Crippen LogP contribution in [0.2, 0.25) is 0 Å². The Morgan fingerprint density at radius 1 is 0.919 bits per heavy atom. The number of sulfone groups is 1. The first kappa shape index (κ1) is 26.5. The molecule has 3 aromatic rings. The molecule has 0 bridgehead atoms. The zero-order valence-electron chi connectivity index (χ0n) is 20.3. The van der Waals surface area contributed by atoms with Crippen LogP contribution in [0.25, 0.3) is 11.1 Å². The van der Waals surface area contributed by atoms with Gasteiger partial charge in [0.2, 0.25) is 0 Å². The first-order valence-corrected chi connectivity index (χ1v) is 13.5. The minimum atomic E-state index is -4.09. The van der Waals surface area contributed by atoms with Crippen molar-refractivity contribution in [2.45, 2.75) is 35.3 Å². The van der Waals surface area contributed by atoms with Crippen molar-refractivity contribution in [3.63, 3.8) is 0 Å². The molecule has 1 amide bonds. The summed E-state index contributed by atoms with van der Waals surface area (Å²) >= 11 is 0. The van der Waals surface area contributed by atoms with E-state index in [1.807, 2.05) is 48.5 Å². The third-order valence-electron chi connectivity index (χ3n) is 6.57. The van der Waals surface area contributed by atoms with Crippen molar-refractivity contribution in [3.8, 4) is 16.9 Å². The summed E-state index contributed by atoms with van der Waals surface area (Å²) in [5.41, 5.74) is 4.18. The molecule has 0 spiro atoms. The Hall–Kier alpha value is -3.53. The predicted molar refractivity (Wildman–Crippen MR) is 137 cm³/mol. The molecule has 1 saturated heterocycles. The van der Waals surface area contributed by atoms with Crippen LogP contribution in [0.3, 0.4) is 0 Å². The highest BCUT2D eigenvalue weighted by molar-refractivity contribution is 7.93. The standard InChI is InChI=1S/C28H29NO7S/c30-26(23-9-4-8-22(20-23)21-6-2-1-3-7-21)10-5-17-36-24-11-13-25(14-12-24)37(33,34)28(27(31)29-32)15-18-35-19-16-28/h1-4,6-9,11-14,20,32H,5,10,15-19H2,(H,29,31). The highest BCUT2D eigenvalue weighted by Crippen LogP contribution is 2.35. The number of rotatable bonds is 10. The van der Waals surface area contributed by atoms with Gasteiger partial charge in [-0.1, -0.05) is 48.5 Å². The van der Waals surface area contributed by atoms with Crippen LogP contribution in [0.5, 0.6) is 5.75 Å². The van der Waals surface area contributed by atoms with E-state index in [0.29, 0.717) is 24.2 Å². The van der Waals surface area contributed by atoms with E-state index >= 15 is 0 Å². The van der Waals surface area contributed by atoms with Gasteiger partial charge >= 0.3 is 0 Å². The lowest BCUT2D eigenvalue weighted by Gasteiger charge is -2.34. The Labute approximate surface area is 216 Å². The van der Waals surface area contributed by atoms with Crippen LogP contribution in [0, 0.1) is 0 Å². The normalized spacial score (nSPS) is 15.1. The highest BCUT2D eigenvalue weighted by Gasteiger charge is 2.52. The van der Waals surface area contributed by atoms with Gasteiger partial charge < -0.3 is 9.47 Å². The Bertz CT molecular complexity index is 1330. The molecule has 0 atom stereocenters. The van der Waals surface area contributed by atoms with Crippen molar-refractivity contribution in [1.82, 2.24) is 5.48 Å². The molecule has 37 heavy (non-hydrogen) atoms. The molecule has 4 rings (SSSR count). The third-order valence-corrected chi connectivity index (χ3v) is 9.09. The summed E-state index contributed by atoms with van der Waals surface area (Å²) < 4.78 is 35.7. The third kappa shape index (κ3) is 5.74. The monoisotopic (exact) mass is 523 g/mol. The van der Waals surface area contributed by atoms with Crippen molar-refractivity contribution in [2.24, 2.45) is 0 Å². The Morgan fingerprint density at radius 3 is 2.27 bits per heavy atom. The fraction of sp³-hybridized carbons (Fsp3) is 0.286.